The van der Waals surface area contributed by atoms with Gasteiger partial charge in [-0.2, -0.15) is 0 Å². The second-order valence-corrected chi connectivity index (χ2v) is 9.83. The summed E-state index contributed by atoms with van der Waals surface area (Å²) in [5.74, 6) is 1.37. The number of methoxy groups -OCH3 is 1. The molecule has 0 spiro atoms. The summed E-state index contributed by atoms with van der Waals surface area (Å²) in [5.41, 5.74) is 6.45. The molecule has 1 saturated heterocycles. The van der Waals surface area contributed by atoms with Gasteiger partial charge in [-0.15, -0.1) is 0 Å². The van der Waals surface area contributed by atoms with Gasteiger partial charge in [-0.1, -0.05) is 25.1 Å². The Morgan fingerprint density at radius 1 is 1.05 bits per heavy atom. The topological polar surface area (TPSA) is 60.0 Å². The van der Waals surface area contributed by atoms with E-state index in [1.807, 2.05) is 42.5 Å². The third kappa shape index (κ3) is 5.00. The number of ether oxygens (including phenoxy) is 1. The molecule has 37 heavy (non-hydrogen) atoms. The first-order chi connectivity index (χ1) is 18.0. The van der Waals surface area contributed by atoms with E-state index in [1.54, 1.807) is 18.3 Å². The standard InChI is InChI=1S/C30H29N3O3S/c1-5-22-9-6-7-11-27(22)33-20(2)17-23(21(33)3)18-28-29(34)32(19-26-10-8-16-36-26)30(37-28)31-24-12-14-25(35-4)15-13-24/h6-18H,5,19H2,1-4H3/b28-18-,31-30?. The Bertz CT molecular complexity index is 1480. The van der Waals surface area contributed by atoms with Crippen molar-refractivity contribution in [3.8, 4) is 11.4 Å². The number of para-hydroxylation sites is 1. The normalized spacial score (nSPS) is 15.8. The fraction of sp³-hybridized carbons (Fsp3) is 0.200. The van der Waals surface area contributed by atoms with Gasteiger partial charge in [0, 0.05) is 17.1 Å². The van der Waals surface area contributed by atoms with E-state index in [1.165, 1.54) is 23.0 Å². The zero-order chi connectivity index (χ0) is 25.9. The van der Waals surface area contributed by atoms with E-state index in [4.69, 9.17) is 14.1 Å². The quantitative estimate of drug-likeness (QED) is 0.249. The van der Waals surface area contributed by atoms with Crippen molar-refractivity contribution in [1.29, 1.82) is 0 Å². The van der Waals surface area contributed by atoms with E-state index >= 15 is 0 Å². The molecule has 3 heterocycles. The van der Waals surface area contributed by atoms with Crippen LogP contribution in [0.5, 0.6) is 5.75 Å². The van der Waals surface area contributed by atoms with Crippen molar-refractivity contribution < 1.29 is 13.9 Å². The monoisotopic (exact) mass is 511 g/mol. The molecule has 0 aliphatic carbocycles. The fourth-order valence-electron chi connectivity index (χ4n) is 4.53. The second kappa shape index (κ2) is 10.6. The van der Waals surface area contributed by atoms with Gasteiger partial charge < -0.3 is 13.7 Å². The van der Waals surface area contributed by atoms with Crippen LogP contribution in [0, 0.1) is 13.8 Å². The van der Waals surface area contributed by atoms with Crippen molar-refractivity contribution >= 4 is 34.6 Å². The Kier molecular flexibility index (Phi) is 7.06. The van der Waals surface area contributed by atoms with E-state index in [9.17, 15) is 4.79 Å². The number of carbonyl (C=O) groups is 1. The summed E-state index contributed by atoms with van der Waals surface area (Å²) in [6, 6.07) is 21.7. The number of aryl methyl sites for hydroxylation is 2. The van der Waals surface area contributed by atoms with Crippen LogP contribution < -0.4 is 4.74 Å². The zero-order valence-corrected chi connectivity index (χ0v) is 22.2. The minimum atomic E-state index is -0.0903. The van der Waals surface area contributed by atoms with Crippen molar-refractivity contribution in [2.45, 2.75) is 33.7 Å². The molecule has 0 saturated carbocycles. The van der Waals surface area contributed by atoms with Crippen molar-refractivity contribution in [2.24, 2.45) is 4.99 Å². The van der Waals surface area contributed by atoms with Gasteiger partial charge in [-0.25, -0.2) is 4.99 Å². The summed E-state index contributed by atoms with van der Waals surface area (Å²) in [6.07, 6.45) is 4.54. The van der Waals surface area contributed by atoms with E-state index in [-0.39, 0.29) is 5.91 Å². The van der Waals surface area contributed by atoms with Gasteiger partial charge in [0.05, 0.1) is 30.5 Å². The van der Waals surface area contributed by atoms with Crippen molar-refractivity contribution in [1.82, 2.24) is 9.47 Å². The lowest BCUT2D eigenvalue weighted by molar-refractivity contribution is -0.122. The Morgan fingerprint density at radius 3 is 2.54 bits per heavy atom. The van der Waals surface area contributed by atoms with Crippen LogP contribution in [0.4, 0.5) is 5.69 Å². The lowest BCUT2D eigenvalue weighted by Crippen LogP contribution is -2.28. The van der Waals surface area contributed by atoms with Crippen LogP contribution in [0.3, 0.4) is 0 Å². The minimum Gasteiger partial charge on any atom is -0.497 e. The highest BCUT2D eigenvalue weighted by Crippen LogP contribution is 2.36. The van der Waals surface area contributed by atoms with Gasteiger partial charge in [0.15, 0.2) is 5.17 Å². The smallest absolute Gasteiger partial charge is 0.267 e. The number of carbonyl (C=O) groups excluding carboxylic acids is 1. The van der Waals surface area contributed by atoms with E-state index in [2.05, 4.69) is 55.7 Å². The van der Waals surface area contributed by atoms with Crippen LogP contribution in [0.2, 0.25) is 0 Å². The number of aromatic nitrogens is 1. The highest BCUT2D eigenvalue weighted by Gasteiger charge is 2.34. The molecule has 1 amide bonds. The molecule has 1 aliphatic heterocycles. The van der Waals surface area contributed by atoms with Gasteiger partial charge in [0.1, 0.15) is 11.5 Å². The minimum absolute atomic E-state index is 0.0903. The SMILES string of the molecule is CCc1ccccc1-n1c(C)cc(/C=C2\SC(=Nc3ccc(OC)cc3)N(Cc3ccco3)C2=O)c1C. The van der Waals surface area contributed by atoms with Crippen LogP contribution in [-0.2, 0) is 17.8 Å². The zero-order valence-electron chi connectivity index (χ0n) is 21.4. The molecular weight excluding hydrogens is 482 g/mol. The Balaban J connectivity index is 1.52. The number of rotatable bonds is 7. The second-order valence-electron chi connectivity index (χ2n) is 8.82. The summed E-state index contributed by atoms with van der Waals surface area (Å²) >= 11 is 1.38. The highest BCUT2D eigenvalue weighted by atomic mass is 32.2. The van der Waals surface area contributed by atoms with Crippen molar-refractivity contribution in [2.75, 3.05) is 7.11 Å². The number of amides is 1. The highest BCUT2D eigenvalue weighted by molar-refractivity contribution is 8.18. The first kappa shape index (κ1) is 24.7. The number of hydrogen-bond donors (Lipinski definition) is 0. The molecule has 0 unspecified atom stereocenters. The summed E-state index contributed by atoms with van der Waals surface area (Å²) in [4.78, 5) is 20.7. The Hall–Kier alpha value is -3.97. The van der Waals surface area contributed by atoms with Crippen LogP contribution >= 0.6 is 11.8 Å². The molecule has 5 rings (SSSR count). The molecule has 6 nitrogen and oxygen atoms in total. The number of benzene rings is 2. The third-order valence-corrected chi connectivity index (χ3v) is 7.46. The van der Waals surface area contributed by atoms with Crippen LogP contribution in [0.1, 0.15) is 35.2 Å². The molecule has 2 aromatic carbocycles. The molecule has 1 fully saturated rings. The number of furan rings is 1. The maximum absolute atomic E-state index is 13.6. The van der Waals surface area contributed by atoms with Gasteiger partial charge in [-0.3, -0.25) is 9.69 Å². The average molecular weight is 512 g/mol. The number of thioether (sulfide) groups is 1. The van der Waals surface area contributed by atoms with Crippen LogP contribution in [0.25, 0.3) is 11.8 Å². The molecular formula is C30H29N3O3S. The summed E-state index contributed by atoms with van der Waals surface area (Å²) in [5, 5.41) is 0.614. The fourth-order valence-corrected chi connectivity index (χ4v) is 5.52. The summed E-state index contributed by atoms with van der Waals surface area (Å²) < 4.78 is 13.1. The molecule has 1 aliphatic rings. The molecule has 0 N–H and O–H groups in total. The lowest BCUT2D eigenvalue weighted by Gasteiger charge is -2.14. The van der Waals surface area contributed by atoms with E-state index in [0.29, 0.717) is 22.4 Å². The van der Waals surface area contributed by atoms with Gasteiger partial charge >= 0.3 is 0 Å². The molecule has 0 atom stereocenters. The third-order valence-electron chi connectivity index (χ3n) is 6.45. The number of nitrogens with zero attached hydrogens (tertiary/aromatic N) is 3. The predicted molar refractivity (Wildman–Crippen MR) is 150 cm³/mol. The molecule has 2 aromatic heterocycles. The first-order valence-corrected chi connectivity index (χ1v) is 13.0. The maximum atomic E-state index is 13.6. The Labute approximate surface area is 221 Å². The molecule has 0 radical (unpaired) electrons. The molecule has 188 valence electrons. The number of aliphatic imine (C=N–C) groups is 1. The van der Waals surface area contributed by atoms with Gasteiger partial charge in [-0.05, 0) is 97.8 Å². The maximum Gasteiger partial charge on any atom is 0.267 e. The molecule has 0 bridgehead atoms. The number of amidine groups is 1. The summed E-state index contributed by atoms with van der Waals surface area (Å²) in [6.45, 7) is 6.68. The van der Waals surface area contributed by atoms with Crippen molar-refractivity contribution in [3.05, 3.63) is 106 Å². The number of hydrogen-bond acceptors (Lipinski definition) is 5. The largest absolute Gasteiger partial charge is 0.497 e. The van der Waals surface area contributed by atoms with Gasteiger partial charge in [0.25, 0.3) is 5.91 Å². The molecule has 4 aromatic rings. The summed E-state index contributed by atoms with van der Waals surface area (Å²) in [7, 11) is 1.63. The van der Waals surface area contributed by atoms with Crippen LogP contribution in [0.15, 0.2) is 87.3 Å². The van der Waals surface area contributed by atoms with Gasteiger partial charge in [0.2, 0.25) is 0 Å². The Morgan fingerprint density at radius 2 is 1.84 bits per heavy atom. The van der Waals surface area contributed by atoms with Crippen molar-refractivity contribution in [3.63, 3.8) is 0 Å². The van der Waals surface area contributed by atoms with Crippen LogP contribution in [-0.4, -0.2) is 27.7 Å². The predicted octanol–water partition coefficient (Wildman–Crippen LogP) is 7.06. The lowest BCUT2D eigenvalue weighted by atomic mass is 10.1. The first-order valence-electron chi connectivity index (χ1n) is 12.2. The van der Waals surface area contributed by atoms with E-state index < -0.39 is 0 Å². The van der Waals surface area contributed by atoms with E-state index in [0.717, 1.165) is 34.8 Å². The molecule has 7 heteroatoms. The average Bonchev–Trinajstić information content (AvgIpc) is 3.60.